The molecule has 1 amide bonds. The molecule has 2 aromatic rings. The molecule has 1 aromatic heterocycles. The van der Waals surface area contributed by atoms with Crippen LogP contribution in [-0.2, 0) is 29.5 Å². The molecule has 0 spiro atoms. The van der Waals surface area contributed by atoms with Crippen LogP contribution in [-0.4, -0.2) is 40.2 Å². The lowest BCUT2D eigenvalue weighted by molar-refractivity contribution is -0.133. The van der Waals surface area contributed by atoms with Gasteiger partial charge in [0.2, 0.25) is 0 Å². The van der Waals surface area contributed by atoms with Crippen LogP contribution in [0.2, 0.25) is 0 Å². The van der Waals surface area contributed by atoms with Crippen molar-refractivity contribution in [1.82, 2.24) is 14.7 Å². The van der Waals surface area contributed by atoms with E-state index in [1.807, 2.05) is 12.1 Å². The van der Waals surface area contributed by atoms with Crippen molar-refractivity contribution < 1.29 is 14.3 Å². The first-order chi connectivity index (χ1) is 11.0. The van der Waals surface area contributed by atoms with E-state index < -0.39 is 5.97 Å². The van der Waals surface area contributed by atoms with E-state index in [4.69, 9.17) is 4.74 Å². The summed E-state index contributed by atoms with van der Waals surface area (Å²) in [6.07, 6.45) is 3.94. The lowest BCUT2D eigenvalue weighted by Gasteiger charge is -2.17. The molecule has 0 saturated carbocycles. The van der Waals surface area contributed by atoms with Gasteiger partial charge in [0.15, 0.2) is 6.61 Å². The molecule has 0 aliphatic carbocycles. The summed E-state index contributed by atoms with van der Waals surface area (Å²) in [5.74, 6) is -0.797. The Bertz CT molecular complexity index is 677. The minimum absolute atomic E-state index is 0.248. The van der Waals surface area contributed by atoms with Crippen LogP contribution in [0.15, 0.2) is 36.7 Å². The monoisotopic (exact) mass is 315 g/mol. The number of amides is 1. The molecule has 0 bridgehead atoms. The maximum absolute atomic E-state index is 12.0. The smallest absolute Gasteiger partial charge is 0.341 e. The molecule has 1 heterocycles. The second-order valence-corrected chi connectivity index (χ2v) is 5.40. The number of aromatic nitrogens is 2. The largest absolute Gasteiger partial charge is 0.452 e. The molecule has 0 saturated heterocycles. The van der Waals surface area contributed by atoms with Gasteiger partial charge in [0, 0.05) is 26.8 Å². The number of aryl methyl sites for hydroxylation is 2. The first-order valence-electron chi connectivity index (χ1n) is 7.47. The van der Waals surface area contributed by atoms with Crippen LogP contribution in [0.25, 0.3) is 0 Å². The number of ether oxygens (including phenoxy) is 1. The van der Waals surface area contributed by atoms with Crippen LogP contribution < -0.4 is 0 Å². The Morgan fingerprint density at radius 1 is 1.22 bits per heavy atom. The second kappa shape index (κ2) is 7.58. The number of hydrogen-bond donors (Lipinski definition) is 0. The molecule has 0 unspecified atom stereocenters. The van der Waals surface area contributed by atoms with Crippen molar-refractivity contribution in [3.05, 3.63) is 53.3 Å². The summed E-state index contributed by atoms with van der Waals surface area (Å²) in [7, 11) is 3.40. The maximum Gasteiger partial charge on any atom is 0.341 e. The number of hydrogen-bond acceptors (Lipinski definition) is 4. The van der Waals surface area contributed by atoms with Crippen LogP contribution >= 0.6 is 0 Å². The van der Waals surface area contributed by atoms with E-state index in [0.29, 0.717) is 12.1 Å². The number of esters is 1. The third-order valence-electron chi connectivity index (χ3n) is 3.54. The van der Waals surface area contributed by atoms with Gasteiger partial charge >= 0.3 is 5.97 Å². The molecule has 1 aromatic carbocycles. The van der Waals surface area contributed by atoms with Gasteiger partial charge in [-0.2, -0.15) is 5.10 Å². The number of carbonyl (C=O) groups excluding carboxylic acids is 2. The molecular weight excluding hydrogens is 294 g/mol. The first-order valence-corrected chi connectivity index (χ1v) is 7.47. The Kier molecular flexibility index (Phi) is 5.51. The fraction of sp³-hybridized carbons (Fsp3) is 0.353. The van der Waals surface area contributed by atoms with Crippen molar-refractivity contribution >= 4 is 11.9 Å². The summed E-state index contributed by atoms with van der Waals surface area (Å²) in [5, 5.41) is 3.89. The molecule has 0 aliphatic heterocycles. The highest BCUT2D eigenvalue weighted by atomic mass is 16.5. The minimum atomic E-state index is -0.549. The molecule has 23 heavy (non-hydrogen) atoms. The van der Waals surface area contributed by atoms with E-state index in [1.54, 1.807) is 20.3 Å². The summed E-state index contributed by atoms with van der Waals surface area (Å²) < 4.78 is 6.52. The predicted molar refractivity (Wildman–Crippen MR) is 85.8 cm³/mol. The summed E-state index contributed by atoms with van der Waals surface area (Å²) in [5.41, 5.74) is 2.63. The van der Waals surface area contributed by atoms with Gasteiger partial charge in [0.25, 0.3) is 5.91 Å². The van der Waals surface area contributed by atoms with Crippen LogP contribution in [0.1, 0.15) is 28.4 Å². The summed E-state index contributed by atoms with van der Waals surface area (Å²) in [6, 6.07) is 8.11. The van der Waals surface area contributed by atoms with Crippen molar-refractivity contribution in [3.63, 3.8) is 0 Å². The average Bonchev–Trinajstić information content (AvgIpc) is 2.99. The molecule has 122 valence electrons. The molecule has 0 radical (unpaired) electrons. The highest BCUT2D eigenvalue weighted by Crippen LogP contribution is 2.08. The number of carbonyl (C=O) groups is 2. The van der Waals surface area contributed by atoms with Gasteiger partial charge in [0.05, 0.1) is 11.8 Å². The average molecular weight is 315 g/mol. The van der Waals surface area contributed by atoms with E-state index in [-0.39, 0.29) is 12.5 Å². The van der Waals surface area contributed by atoms with Gasteiger partial charge in [-0.1, -0.05) is 31.2 Å². The van der Waals surface area contributed by atoms with Crippen molar-refractivity contribution in [2.45, 2.75) is 19.9 Å². The second-order valence-electron chi connectivity index (χ2n) is 5.40. The lowest BCUT2D eigenvalue weighted by Crippen LogP contribution is -2.30. The zero-order valence-corrected chi connectivity index (χ0v) is 13.7. The van der Waals surface area contributed by atoms with Crippen LogP contribution in [0.4, 0.5) is 0 Å². The summed E-state index contributed by atoms with van der Waals surface area (Å²) >= 11 is 0. The number of rotatable bonds is 6. The normalized spacial score (nSPS) is 10.4. The zero-order chi connectivity index (χ0) is 16.8. The minimum Gasteiger partial charge on any atom is -0.452 e. The quantitative estimate of drug-likeness (QED) is 0.763. The molecule has 6 heteroatoms. The lowest BCUT2D eigenvalue weighted by atomic mass is 10.1. The highest BCUT2D eigenvalue weighted by molar-refractivity contribution is 5.90. The number of benzene rings is 1. The molecule has 2 rings (SSSR count). The van der Waals surface area contributed by atoms with Crippen molar-refractivity contribution in [1.29, 1.82) is 0 Å². The van der Waals surface area contributed by atoms with Gasteiger partial charge < -0.3 is 9.64 Å². The van der Waals surface area contributed by atoms with E-state index in [2.05, 4.69) is 24.2 Å². The standard InChI is InChI=1S/C17H21N3O3/c1-4-13-5-7-14(8-6-13)10-19(2)16(21)12-23-17(22)15-9-18-20(3)11-15/h5-9,11H,4,10,12H2,1-3H3. The van der Waals surface area contributed by atoms with Crippen molar-refractivity contribution in [2.75, 3.05) is 13.7 Å². The predicted octanol–water partition coefficient (Wildman–Crippen LogP) is 1.80. The van der Waals surface area contributed by atoms with E-state index >= 15 is 0 Å². The Hall–Kier alpha value is -2.63. The van der Waals surface area contributed by atoms with Gasteiger partial charge in [-0.05, 0) is 17.5 Å². The Morgan fingerprint density at radius 2 is 1.87 bits per heavy atom. The Morgan fingerprint density at radius 3 is 2.43 bits per heavy atom. The van der Waals surface area contributed by atoms with E-state index in [9.17, 15) is 9.59 Å². The topological polar surface area (TPSA) is 64.4 Å². The summed E-state index contributed by atoms with van der Waals surface area (Å²) in [6.45, 7) is 2.30. The number of nitrogens with zero attached hydrogens (tertiary/aromatic N) is 3. The third-order valence-corrected chi connectivity index (χ3v) is 3.54. The molecule has 0 fully saturated rings. The Balaban J connectivity index is 1.83. The molecular formula is C17H21N3O3. The van der Waals surface area contributed by atoms with Crippen LogP contribution in [0, 0.1) is 0 Å². The van der Waals surface area contributed by atoms with Crippen molar-refractivity contribution in [3.8, 4) is 0 Å². The highest BCUT2D eigenvalue weighted by Gasteiger charge is 2.14. The van der Waals surface area contributed by atoms with Gasteiger partial charge in [0.1, 0.15) is 0 Å². The van der Waals surface area contributed by atoms with Gasteiger partial charge in [-0.15, -0.1) is 0 Å². The van der Waals surface area contributed by atoms with E-state index in [0.717, 1.165) is 12.0 Å². The fourth-order valence-electron chi connectivity index (χ4n) is 2.09. The van der Waals surface area contributed by atoms with Crippen LogP contribution in [0.3, 0.4) is 0 Å². The Labute approximate surface area is 135 Å². The third kappa shape index (κ3) is 4.67. The zero-order valence-electron chi connectivity index (χ0n) is 13.7. The molecule has 0 atom stereocenters. The van der Waals surface area contributed by atoms with Crippen molar-refractivity contribution in [2.24, 2.45) is 7.05 Å². The fourth-order valence-corrected chi connectivity index (χ4v) is 2.09. The SMILES string of the molecule is CCc1ccc(CN(C)C(=O)COC(=O)c2cnn(C)c2)cc1. The molecule has 0 N–H and O–H groups in total. The number of likely N-dealkylation sites (N-methyl/N-ethyl adjacent to an activating group) is 1. The first kappa shape index (κ1) is 16.7. The maximum atomic E-state index is 12.0. The van der Waals surface area contributed by atoms with Gasteiger partial charge in [-0.3, -0.25) is 9.48 Å². The summed E-state index contributed by atoms with van der Waals surface area (Å²) in [4.78, 5) is 25.3. The van der Waals surface area contributed by atoms with Gasteiger partial charge in [-0.25, -0.2) is 4.79 Å². The molecule has 6 nitrogen and oxygen atoms in total. The molecule has 0 aliphatic rings. The van der Waals surface area contributed by atoms with E-state index in [1.165, 1.54) is 21.3 Å². The van der Waals surface area contributed by atoms with Crippen LogP contribution in [0.5, 0.6) is 0 Å².